The van der Waals surface area contributed by atoms with Crippen molar-refractivity contribution in [3.05, 3.63) is 23.0 Å². The normalized spacial score (nSPS) is 18.0. The highest BCUT2D eigenvalue weighted by molar-refractivity contribution is 5.37. The Morgan fingerprint density at radius 2 is 2.07 bits per heavy atom. The molecule has 0 radical (unpaired) electrons. The Hall–Kier alpha value is -1.23. The minimum Gasteiger partial charge on any atom is -0.361 e. The number of nitrogens with zero attached hydrogens (tertiary/aromatic N) is 1. The third-order valence-electron chi connectivity index (χ3n) is 3.20. The quantitative estimate of drug-likeness (QED) is 0.722. The summed E-state index contributed by atoms with van der Waals surface area (Å²) in [6.45, 7) is 1.98. The van der Waals surface area contributed by atoms with Crippen LogP contribution in [0.3, 0.4) is 0 Å². The lowest BCUT2D eigenvalue weighted by Gasteiger charge is -2.20. The van der Waals surface area contributed by atoms with Crippen LogP contribution in [-0.4, -0.2) is 4.98 Å². The van der Waals surface area contributed by atoms with Gasteiger partial charge >= 0.3 is 0 Å². The number of aromatic nitrogens is 1. The molecular formula is C12H16N2. The van der Waals surface area contributed by atoms with E-state index in [1.54, 1.807) is 0 Å². The van der Waals surface area contributed by atoms with Crippen LogP contribution in [0.1, 0.15) is 55.0 Å². The predicted molar refractivity (Wildman–Crippen MR) is 56.1 cm³/mol. The monoisotopic (exact) mass is 188 g/mol. The summed E-state index contributed by atoms with van der Waals surface area (Å²) in [6.07, 6.45) is 6.62. The molecule has 2 nitrogen and oxygen atoms in total. The van der Waals surface area contributed by atoms with Gasteiger partial charge in [-0.3, -0.25) is 0 Å². The molecule has 1 aliphatic carbocycles. The minimum absolute atomic E-state index is 0.671. The van der Waals surface area contributed by atoms with Gasteiger partial charge in [0.2, 0.25) is 0 Å². The first kappa shape index (κ1) is 9.33. The molecule has 0 unspecified atom stereocenters. The van der Waals surface area contributed by atoms with Gasteiger partial charge in [0.1, 0.15) is 6.07 Å². The number of hydrogen-bond acceptors (Lipinski definition) is 1. The highest BCUT2D eigenvalue weighted by Gasteiger charge is 2.17. The minimum atomic E-state index is 0.671. The summed E-state index contributed by atoms with van der Waals surface area (Å²) < 4.78 is 0. The van der Waals surface area contributed by atoms with Crippen LogP contribution in [0.25, 0.3) is 0 Å². The SMILES string of the molecule is Cc1[nH]c(C2CCCCC2)cc1C#N. The fraction of sp³-hybridized carbons (Fsp3) is 0.583. The Labute approximate surface area is 84.9 Å². The smallest absolute Gasteiger partial charge is 0.101 e. The molecular weight excluding hydrogens is 172 g/mol. The molecule has 74 valence electrons. The number of hydrogen-bond donors (Lipinski definition) is 1. The molecule has 1 N–H and O–H groups in total. The zero-order valence-electron chi connectivity index (χ0n) is 8.64. The van der Waals surface area contributed by atoms with E-state index in [9.17, 15) is 0 Å². The first-order valence-electron chi connectivity index (χ1n) is 5.41. The largest absolute Gasteiger partial charge is 0.361 e. The molecule has 0 aromatic carbocycles. The van der Waals surface area contributed by atoms with Gasteiger partial charge in [-0.2, -0.15) is 5.26 Å². The fourth-order valence-electron chi connectivity index (χ4n) is 2.33. The maximum absolute atomic E-state index is 8.86. The van der Waals surface area contributed by atoms with Gasteiger partial charge in [-0.05, 0) is 31.7 Å². The molecule has 0 saturated heterocycles. The van der Waals surface area contributed by atoms with E-state index in [1.165, 1.54) is 37.8 Å². The second-order valence-electron chi connectivity index (χ2n) is 4.21. The molecule has 0 bridgehead atoms. The molecule has 0 amide bonds. The maximum Gasteiger partial charge on any atom is 0.101 e. The lowest BCUT2D eigenvalue weighted by molar-refractivity contribution is 0.437. The molecule has 1 fully saturated rings. The summed E-state index contributed by atoms with van der Waals surface area (Å²) in [5, 5.41) is 8.86. The van der Waals surface area contributed by atoms with E-state index >= 15 is 0 Å². The zero-order valence-corrected chi connectivity index (χ0v) is 8.64. The van der Waals surface area contributed by atoms with E-state index in [1.807, 2.05) is 13.0 Å². The van der Waals surface area contributed by atoms with Gasteiger partial charge in [-0.25, -0.2) is 0 Å². The van der Waals surface area contributed by atoms with Crippen LogP contribution >= 0.6 is 0 Å². The number of rotatable bonds is 1. The van der Waals surface area contributed by atoms with Crippen LogP contribution in [0, 0.1) is 18.3 Å². The van der Waals surface area contributed by atoms with Gasteiger partial charge in [-0.1, -0.05) is 19.3 Å². The Balaban J connectivity index is 2.19. The molecule has 2 rings (SSSR count). The standard InChI is InChI=1S/C12H16N2/c1-9-11(8-13)7-12(14-9)10-5-3-2-4-6-10/h7,10,14H,2-6H2,1H3. The second-order valence-corrected chi connectivity index (χ2v) is 4.21. The van der Waals surface area contributed by atoms with E-state index in [0.29, 0.717) is 5.92 Å². The highest BCUT2D eigenvalue weighted by atomic mass is 14.7. The van der Waals surface area contributed by atoms with Crippen LogP contribution in [-0.2, 0) is 0 Å². The number of nitriles is 1. The van der Waals surface area contributed by atoms with E-state index < -0.39 is 0 Å². The summed E-state index contributed by atoms with van der Waals surface area (Å²) in [4.78, 5) is 3.34. The van der Waals surface area contributed by atoms with Gasteiger partial charge in [0.25, 0.3) is 0 Å². The van der Waals surface area contributed by atoms with Crippen LogP contribution in [0.4, 0.5) is 0 Å². The molecule has 1 aromatic heterocycles. The predicted octanol–water partition coefficient (Wildman–Crippen LogP) is 3.24. The number of nitrogens with one attached hydrogen (secondary N) is 1. The first-order chi connectivity index (χ1) is 6.81. The molecule has 14 heavy (non-hydrogen) atoms. The van der Waals surface area contributed by atoms with Crippen molar-refractivity contribution in [2.45, 2.75) is 44.9 Å². The maximum atomic E-state index is 8.86. The van der Waals surface area contributed by atoms with Crippen molar-refractivity contribution in [2.24, 2.45) is 0 Å². The summed E-state index contributed by atoms with van der Waals surface area (Å²) in [5.41, 5.74) is 3.11. The lowest BCUT2D eigenvalue weighted by atomic mass is 9.87. The summed E-state index contributed by atoms with van der Waals surface area (Å²) in [5.74, 6) is 0.671. The van der Waals surface area contributed by atoms with Crippen molar-refractivity contribution < 1.29 is 0 Å². The molecule has 0 spiro atoms. The molecule has 1 aliphatic rings. The average molecular weight is 188 g/mol. The van der Waals surface area contributed by atoms with Crippen molar-refractivity contribution in [2.75, 3.05) is 0 Å². The van der Waals surface area contributed by atoms with Crippen LogP contribution in [0.2, 0.25) is 0 Å². The van der Waals surface area contributed by atoms with E-state index in [0.717, 1.165) is 11.3 Å². The highest BCUT2D eigenvalue weighted by Crippen LogP contribution is 2.32. The van der Waals surface area contributed by atoms with Crippen LogP contribution in [0.5, 0.6) is 0 Å². The van der Waals surface area contributed by atoms with Crippen molar-refractivity contribution >= 4 is 0 Å². The van der Waals surface area contributed by atoms with Gasteiger partial charge in [0, 0.05) is 11.4 Å². The number of aromatic amines is 1. The summed E-state index contributed by atoms with van der Waals surface area (Å²) in [6, 6.07) is 4.26. The molecule has 1 saturated carbocycles. The van der Waals surface area contributed by atoms with Crippen molar-refractivity contribution in [3.8, 4) is 6.07 Å². The summed E-state index contributed by atoms with van der Waals surface area (Å²) >= 11 is 0. The Morgan fingerprint density at radius 1 is 1.36 bits per heavy atom. The molecule has 0 aliphatic heterocycles. The third-order valence-corrected chi connectivity index (χ3v) is 3.20. The van der Waals surface area contributed by atoms with Gasteiger partial charge in [-0.15, -0.1) is 0 Å². The van der Waals surface area contributed by atoms with E-state index in [4.69, 9.17) is 5.26 Å². The molecule has 2 heteroatoms. The van der Waals surface area contributed by atoms with Gasteiger partial charge in [0.15, 0.2) is 0 Å². The van der Waals surface area contributed by atoms with Crippen molar-refractivity contribution in [3.63, 3.8) is 0 Å². The number of H-pyrrole nitrogens is 1. The van der Waals surface area contributed by atoms with Crippen molar-refractivity contribution in [1.82, 2.24) is 4.98 Å². The summed E-state index contributed by atoms with van der Waals surface area (Å²) in [7, 11) is 0. The van der Waals surface area contributed by atoms with E-state index in [-0.39, 0.29) is 0 Å². The molecule has 1 aromatic rings. The topological polar surface area (TPSA) is 39.6 Å². The van der Waals surface area contributed by atoms with Gasteiger partial charge < -0.3 is 4.98 Å². The Bertz CT molecular complexity index is 351. The zero-order chi connectivity index (χ0) is 9.97. The lowest BCUT2D eigenvalue weighted by Crippen LogP contribution is -2.04. The first-order valence-corrected chi connectivity index (χ1v) is 5.41. The van der Waals surface area contributed by atoms with Crippen molar-refractivity contribution in [1.29, 1.82) is 5.26 Å². The Kier molecular flexibility index (Phi) is 2.58. The molecule has 0 atom stereocenters. The van der Waals surface area contributed by atoms with Gasteiger partial charge in [0.05, 0.1) is 5.56 Å². The third kappa shape index (κ3) is 1.68. The van der Waals surface area contributed by atoms with Crippen LogP contribution < -0.4 is 0 Å². The Morgan fingerprint density at radius 3 is 2.64 bits per heavy atom. The average Bonchev–Trinajstić information content (AvgIpc) is 2.61. The fourth-order valence-corrected chi connectivity index (χ4v) is 2.33. The number of aryl methyl sites for hydroxylation is 1. The second kappa shape index (κ2) is 3.88. The van der Waals surface area contributed by atoms with E-state index in [2.05, 4.69) is 11.1 Å². The van der Waals surface area contributed by atoms with Crippen LogP contribution in [0.15, 0.2) is 6.07 Å². The molecule has 1 heterocycles.